The summed E-state index contributed by atoms with van der Waals surface area (Å²) in [7, 11) is 5.07. The Bertz CT molecular complexity index is 743. The van der Waals surface area contributed by atoms with E-state index in [4.69, 9.17) is 13.9 Å². The van der Waals surface area contributed by atoms with Gasteiger partial charge >= 0.3 is 0 Å². The van der Waals surface area contributed by atoms with Crippen molar-refractivity contribution in [3.05, 3.63) is 54.0 Å². The molecule has 0 aliphatic carbocycles. The Morgan fingerprint density at radius 1 is 1.14 bits per heavy atom. The van der Waals surface area contributed by atoms with Crippen LogP contribution in [0.25, 0.3) is 0 Å². The number of benzene rings is 1. The summed E-state index contributed by atoms with van der Waals surface area (Å²) >= 11 is 0. The summed E-state index contributed by atoms with van der Waals surface area (Å²) in [6, 6.07) is 11.6. The molecule has 1 heterocycles. The molecule has 0 aliphatic heterocycles. The van der Waals surface area contributed by atoms with E-state index in [1.54, 1.807) is 27.5 Å². The first-order valence-electron chi connectivity index (χ1n) is 9.54. The van der Waals surface area contributed by atoms with Gasteiger partial charge in [0.2, 0.25) is 5.91 Å². The molecule has 8 nitrogen and oxygen atoms in total. The third-order valence-electron chi connectivity index (χ3n) is 4.08. The second kappa shape index (κ2) is 12.5. The van der Waals surface area contributed by atoms with Crippen molar-refractivity contribution in [2.75, 3.05) is 47.4 Å². The SMILES string of the molecule is COc1ccc(COCCNC(=NCC(=O)N(C)C)NCCc2ccco2)cc1. The molecule has 0 fully saturated rings. The molecule has 2 N–H and O–H groups in total. The summed E-state index contributed by atoms with van der Waals surface area (Å²) in [5, 5.41) is 6.40. The van der Waals surface area contributed by atoms with Crippen molar-refractivity contribution >= 4 is 11.9 Å². The van der Waals surface area contributed by atoms with Gasteiger partial charge in [0.25, 0.3) is 0 Å². The van der Waals surface area contributed by atoms with Crippen LogP contribution < -0.4 is 15.4 Å². The number of aliphatic imine (C=N–C) groups is 1. The fraction of sp³-hybridized carbons (Fsp3) is 0.429. The lowest BCUT2D eigenvalue weighted by atomic mass is 10.2. The second-order valence-corrected chi connectivity index (χ2v) is 6.54. The van der Waals surface area contributed by atoms with Crippen LogP contribution in [0.15, 0.2) is 52.1 Å². The molecule has 1 aromatic carbocycles. The predicted molar refractivity (Wildman–Crippen MR) is 112 cm³/mol. The Kier molecular flexibility index (Phi) is 9.57. The zero-order valence-corrected chi connectivity index (χ0v) is 17.3. The number of methoxy groups -OCH3 is 1. The third kappa shape index (κ3) is 8.69. The molecule has 0 aliphatic rings. The molecule has 0 bridgehead atoms. The van der Waals surface area contributed by atoms with Crippen LogP contribution in [0.1, 0.15) is 11.3 Å². The molecule has 0 radical (unpaired) electrons. The molecular formula is C21H30N4O4. The number of amides is 1. The number of hydrogen-bond acceptors (Lipinski definition) is 5. The maximum Gasteiger partial charge on any atom is 0.243 e. The van der Waals surface area contributed by atoms with Gasteiger partial charge < -0.3 is 29.4 Å². The minimum Gasteiger partial charge on any atom is -0.497 e. The van der Waals surface area contributed by atoms with E-state index in [2.05, 4.69) is 15.6 Å². The van der Waals surface area contributed by atoms with E-state index >= 15 is 0 Å². The number of nitrogens with one attached hydrogen (secondary N) is 2. The lowest BCUT2D eigenvalue weighted by Crippen LogP contribution is -2.40. The minimum absolute atomic E-state index is 0.0621. The second-order valence-electron chi connectivity index (χ2n) is 6.54. The number of rotatable bonds is 11. The molecule has 0 unspecified atom stereocenters. The molecule has 158 valence electrons. The average Bonchev–Trinajstić information content (AvgIpc) is 3.24. The van der Waals surface area contributed by atoms with E-state index in [9.17, 15) is 4.79 Å². The van der Waals surface area contributed by atoms with Crippen molar-refractivity contribution in [1.29, 1.82) is 0 Å². The van der Waals surface area contributed by atoms with Gasteiger partial charge in [-0.2, -0.15) is 0 Å². The molecule has 2 aromatic rings. The minimum atomic E-state index is -0.0621. The highest BCUT2D eigenvalue weighted by molar-refractivity contribution is 5.84. The van der Waals surface area contributed by atoms with Crippen LogP contribution in [0.5, 0.6) is 5.75 Å². The maximum absolute atomic E-state index is 11.8. The molecule has 0 spiro atoms. The molecule has 0 atom stereocenters. The van der Waals surface area contributed by atoms with Crippen LogP contribution in [0.2, 0.25) is 0 Å². The van der Waals surface area contributed by atoms with Crippen LogP contribution in [0, 0.1) is 0 Å². The Hall–Kier alpha value is -3.00. The van der Waals surface area contributed by atoms with Gasteiger partial charge in [0, 0.05) is 33.6 Å². The highest BCUT2D eigenvalue weighted by Crippen LogP contribution is 2.11. The van der Waals surface area contributed by atoms with Crippen molar-refractivity contribution in [2.45, 2.75) is 13.0 Å². The lowest BCUT2D eigenvalue weighted by molar-refractivity contribution is -0.127. The highest BCUT2D eigenvalue weighted by atomic mass is 16.5. The summed E-state index contributed by atoms with van der Waals surface area (Å²) in [5.41, 5.74) is 1.08. The number of furan rings is 1. The Morgan fingerprint density at radius 3 is 2.55 bits per heavy atom. The Morgan fingerprint density at radius 2 is 1.90 bits per heavy atom. The number of likely N-dealkylation sites (N-methyl/N-ethyl adjacent to an activating group) is 1. The molecule has 2 rings (SSSR count). The van der Waals surface area contributed by atoms with E-state index in [1.807, 2.05) is 36.4 Å². The van der Waals surface area contributed by atoms with Gasteiger partial charge in [-0.25, -0.2) is 4.99 Å². The van der Waals surface area contributed by atoms with Gasteiger partial charge in [-0.05, 0) is 29.8 Å². The van der Waals surface area contributed by atoms with Crippen LogP contribution in [0.3, 0.4) is 0 Å². The van der Waals surface area contributed by atoms with Gasteiger partial charge in [0.15, 0.2) is 5.96 Å². The van der Waals surface area contributed by atoms with Gasteiger partial charge in [0.1, 0.15) is 18.1 Å². The molecule has 0 saturated heterocycles. The summed E-state index contributed by atoms with van der Waals surface area (Å²) in [5.74, 6) is 2.22. The maximum atomic E-state index is 11.8. The highest BCUT2D eigenvalue weighted by Gasteiger charge is 2.05. The summed E-state index contributed by atoms with van der Waals surface area (Å²) in [6.45, 7) is 2.31. The van der Waals surface area contributed by atoms with Crippen molar-refractivity contribution in [2.24, 2.45) is 4.99 Å². The normalized spacial score (nSPS) is 11.2. The number of nitrogens with zero attached hydrogens (tertiary/aromatic N) is 2. The van der Waals surface area contributed by atoms with Crippen molar-refractivity contribution in [3.8, 4) is 5.75 Å². The monoisotopic (exact) mass is 402 g/mol. The first-order valence-corrected chi connectivity index (χ1v) is 9.54. The van der Waals surface area contributed by atoms with E-state index in [1.165, 1.54) is 4.90 Å². The van der Waals surface area contributed by atoms with Crippen molar-refractivity contribution < 1.29 is 18.7 Å². The van der Waals surface area contributed by atoms with Gasteiger partial charge in [-0.1, -0.05) is 12.1 Å². The van der Waals surface area contributed by atoms with Crippen LogP contribution in [-0.2, 0) is 22.6 Å². The van der Waals surface area contributed by atoms with Crippen molar-refractivity contribution in [1.82, 2.24) is 15.5 Å². The average molecular weight is 402 g/mol. The third-order valence-corrected chi connectivity index (χ3v) is 4.08. The van der Waals surface area contributed by atoms with E-state index in [-0.39, 0.29) is 12.5 Å². The van der Waals surface area contributed by atoms with Crippen LogP contribution in [-0.4, -0.2) is 64.2 Å². The molecule has 29 heavy (non-hydrogen) atoms. The first kappa shape index (κ1) is 22.3. The largest absolute Gasteiger partial charge is 0.497 e. The van der Waals surface area contributed by atoms with Crippen LogP contribution in [0.4, 0.5) is 0 Å². The topological polar surface area (TPSA) is 88.3 Å². The predicted octanol–water partition coefficient (Wildman–Crippen LogP) is 1.67. The zero-order chi connectivity index (χ0) is 20.9. The van der Waals surface area contributed by atoms with Crippen LogP contribution >= 0.6 is 0 Å². The zero-order valence-electron chi connectivity index (χ0n) is 17.3. The van der Waals surface area contributed by atoms with Gasteiger partial charge in [-0.15, -0.1) is 0 Å². The van der Waals surface area contributed by atoms with E-state index < -0.39 is 0 Å². The van der Waals surface area contributed by atoms with E-state index in [0.717, 1.165) is 23.5 Å². The number of ether oxygens (including phenoxy) is 2. The molecule has 1 aromatic heterocycles. The fourth-order valence-electron chi connectivity index (χ4n) is 2.37. The first-order chi connectivity index (χ1) is 14.1. The van der Waals surface area contributed by atoms with E-state index in [0.29, 0.717) is 32.3 Å². The summed E-state index contributed by atoms with van der Waals surface area (Å²) in [6.07, 6.45) is 2.38. The smallest absolute Gasteiger partial charge is 0.243 e. The van der Waals surface area contributed by atoms with Crippen molar-refractivity contribution in [3.63, 3.8) is 0 Å². The quantitative estimate of drug-likeness (QED) is 0.338. The number of carbonyl (C=O) groups is 1. The summed E-state index contributed by atoms with van der Waals surface area (Å²) < 4.78 is 16.2. The standard InChI is InChI=1S/C21H30N4O4/c1-25(2)20(26)15-24-21(22-11-10-19-5-4-13-29-19)23-12-14-28-16-17-6-8-18(27-3)9-7-17/h4-9,13H,10-12,14-16H2,1-3H3,(H2,22,23,24). The molecular weight excluding hydrogens is 372 g/mol. The van der Waals surface area contributed by atoms with Gasteiger partial charge in [-0.3, -0.25) is 4.79 Å². The molecule has 1 amide bonds. The Balaban J connectivity index is 1.74. The number of guanidine groups is 1. The summed E-state index contributed by atoms with van der Waals surface area (Å²) in [4.78, 5) is 17.7. The number of carbonyl (C=O) groups excluding carboxylic acids is 1. The molecule has 8 heteroatoms. The molecule has 0 saturated carbocycles. The number of hydrogen-bond donors (Lipinski definition) is 2. The fourth-order valence-corrected chi connectivity index (χ4v) is 2.37. The Labute approximate surface area is 171 Å². The van der Waals surface area contributed by atoms with Gasteiger partial charge in [0.05, 0.1) is 26.6 Å². The lowest BCUT2D eigenvalue weighted by Gasteiger charge is -2.14.